The van der Waals surface area contributed by atoms with E-state index in [1.54, 1.807) is 6.33 Å². The highest BCUT2D eigenvalue weighted by Gasteiger charge is 2.13. The first kappa shape index (κ1) is 18.5. The Balaban J connectivity index is 2.02. The highest BCUT2D eigenvalue weighted by molar-refractivity contribution is 6.31. The van der Waals surface area contributed by atoms with E-state index in [1.807, 2.05) is 37.6 Å². The first-order valence-corrected chi connectivity index (χ1v) is 8.55. The van der Waals surface area contributed by atoms with E-state index in [1.165, 1.54) is 6.33 Å². The molecule has 7 heteroatoms. The summed E-state index contributed by atoms with van der Waals surface area (Å²) in [6, 6.07) is 3.97. The Hall–Kier alpha value is -1.79. The van der Waals surface area contributed by atoms with Gasteiger partial charge in [0.05, 0.1) is 18.8 Å². The molecule has 0 unspecified atom stereocenters. The van der Waals surface area contributed by atoms with Crippen LogP contribution in [-0.2, 0) is 6.54 Å². The standard InChI is InChI=1S/C17H25ClN4O2/c1-5-23-16-6-14(15(18)7-17(16)24-12(2)3)9-19-8-13(4)22-11-20-10-21-22/h6-7,10-13,19H,5,8-9H2,1-4H3/t13-/m0/s1. The predicted molar refractivity (Wildman–Crippen MR) is 94.8 cm³/mol. The molecule has 2 rings (SSSR count). The second kappa shape index (κ2) is 8.89. The third kappa shape index (κ3) is 5.11. The molecular weight excluding hydrogens is 328 g/mol. The highest BCUT2D eigenvalue weighted by Crippen LogP contribution is 2.34. The van der Waals surface area contributed by atoms with Crippen molar-refractivity contribution in [3.05, 3.63) is 35.4 Å². The lowest BCUT2D eigenvalue weighted by Gasteiger charge is -2.18. The minimum absolute atomic E-state index is 0.0628. The fraction of sp³-hybridized carbons (Fsp3) is 0.529. The van der Waals surface area contributed by atoms with Crippen molar-refractivity contribution in [1.82, 2.24) is 20.1 Å². The number of aromatic nitrogens is 3. The first-order valence-electron chi connectivity index (χ1n) is 8.18. The van der Waals surface area contributed by atoms with Crippen LogP contribution in [0.25, 0.3) is 0 Å². The lowest BCUT2D eigenvalue weighted by molar-refractivity contribution is 0.223. The number of benzene rings is 1. The maximum Gasteiger partial charge on any atom is 0.163 e. The number of hydrogen-bond donors (Lipinski definition) is 1. The van der Waals surface area contributed by atoms with Gasteiger partial charge in [0.2, 0.25) is 0 Å². The summed E-state index contributed by atoms with van der Waals surface area (Å²) in [4.78, 5) is 3.96. The molecule has 0 spiro atoms. The Morgan fingerprint density at radius 1 is 1.25 bits per heavy atom. The summed E-state index contributed by atoms with van der Waals surface area (Å²) < 4.78 is 13.3. The van der Waals surface area contributed by atoms with Crippen LogP contribution >= 0.6 is 11.6 Å². The van der Waals surface area contributed by atoms with Crippen LogP contribution in [0.4, 0.5) is 0 Å². The molecule has 6 nitrogen and oxygen atoms in total. The van der Waals surface area contributed by atoms with Crippen molar-refractivity contribution in [3.63, 3.8) is 0 Å². The Morgan fingerprint density at radius 3 is 2.67 bits per heavy atom. The molecule has 1 N–H and O–H groups in total. The van der Waals surface area contributed by atoms with Crippen LogP contribution in [0.2, 0.25) is 5.02 Å². The van der Waals surface area contributed by atoms with E-state index in [9.17, 15) is 0 Å². The van der Waals surface area contributed by atoms with E-state index in [-0.39, 0.29) is 12.1 Å². The van der Waals surface area contributed by atoms with Gasteiger partial charge in [0.25, 0.3) is 0 Å². The summed E-state index contributed by atoms with van der Waals surface area (Å²) in [6.07, 6.45) is 3.31. The predicted octanol–water partition coefficient (Wildman–Crippen LogP) is 3.47. The molecule has 0 radical (unpaired) electrons. The van der Waals surface area contributed by atoms with Crippen LogP contribution in [0, 0.1) is 0 Å². The van der Waals surface area contributed by atoms with Gasteiger partial charge in [-0.1, -0.05) is 11.6 Å². The average Bonchev–Trinajstić information content (AvgIpc) is 3.05. The van der Waals surface area contributed by atoms with Gasteiger partial charge in [0.1, 0.15) is 12.7 Å². The number of ether oxygens (including phenoxy) is 2. The maximum atomic E-state index is 6.40. The maximum absolute atomic E-state index is 6.40. The van der Waals surface area contributed by atoms with Crippen molar-refractivity contribution in [3.8, 4) is 11.5 Å². The summed E-state index contributed by atoms with van der Waals surface area (Å²) in [7, 11) is 0. The fourth-order valence-corrected chi connectivity index (χ4v) is 2.50. The van der Waals surface area contributed by atoms with Gasteiger partial charge in [-0.15, -0.1) is 0 Å². The molecule has 1 aromatic carbocycles. The van der Waals surface area contributed by atoms with E-state index >= 15 is 0 Å². The SMILES string of the molecule is CCOc1cc(CNC[C@H](C)n2cncn2)c(Cl)cc1OC(C)C. The molecule has 0 amide bonds. The number of nitrogens with zero attached hydrogens (tertiary/aromatic N) is 3. The Labute approximate surface area is 148 Å². The van der Waals surface area contributed by atoms with Crippen molar-refractivity contribution in [2.24, 2.45) is 0 Å². The molecule has 0 aliphatic rings. The third-order valence-corrected chi connectivity index (χ3v) is 3.77. The largest absolute Gasteiger partial charge is 0.490 e. The highest BCUT2D eigenvalue weighted by atomic mass is 35.5. The fourth-order valence-electron chi connectivity index (χ4n) is 2.28. The summed E-state index contributed by atoms with van der Waals surface area (Å²) in [5.41, 5.74) is 0.974. The topological polar surface area (TPSA) is 61.2 Å². The van der Waals surface area contributed by atoms with Gasteiger partial charge in [-0.25, -0.2) is 9.67 Å². The Morgan fingerprint density at radius 2 is 2.04 bits per heavy atom. The normalized spacial score (nSPS) is 12.4. The van der Waals surface area contributed by atoms with Crippen molar-refractivity contribution >= 4 is 11.6 Å². The van der Waals surface area contributed by atoms with Crippen molar-refractivity contribution in [1.29, 1.82) is 0 Å². The van der Waals surface area contributed by atoms with E-state index in [2.05, 4.69) is 22.3 Å². The molecule has 1 atom stereocenters. The minimum Gasteiger partial charge on any atom is -0.490 e. The zero-order valence-corrected chi connectivity index (χ0v) is 15.4. The van der Waals surface area contributed by atoms with Gasteiger partial charge in [0.15, 0.2) is 11.5 Å². The molecule has 132 valence electrons. The smallest absolute Gasteiger partial charge is 0.163 e. The molecule has 2 aromatic rings. The van der Waals surface area contributed by atoms with Crippen molar-refractivity contribution in [2.75, 3.05) is 13.2 Å². The van der Waals surface area contributed by atoms with Gasteiger partial charge in [-0.05, 0) is 39.3 Å². The van der Waals surface area contributed by atoms with E-state index in [0.717, 1.165) is 17.9 Å². The van der Waals surface area contributed by atoms with E-state index < -0.39 is 0 Å². The van der Waals surface area contributed by atoms with Crippen LogP contribution in [0.5, 0.6) is 11.5 Å². The molecule has 0 aliphatic heterocycles. The second-order valence-electron chi connectivity index (χ2n) is 5.85. The lowest BCUT2D eigenvalue weighted by Crippen LogP contribution is -2.23. The molecule has 1 heterocycles. The molecule has 0 fully saturated rings. The van der Waals surface area contributed by atoms with Gasteiger partial charge < -0.3 is 14.8 Å². The minimum atomic E-state index is 0.0628. The molecule has 0 aliphatic carbocycles. The van der Waals surface area contributed by atoms with Crippen LogP contribution in [0.1, 0.15) is 39.3 Å². The van der Waals surface area contributed by atoms with Crippen LogP contribution < -0.4 is 14.8 Å². The summed E-state index contributed by atoms with van der Waals surface area (Å²) >= 11 is 6.40. The van der Waals surface area contributed by atoms with Crippen LogP contribution in [-0.4, -0.2) is 34.0 Å². The number of nitrogens with one attached hydrogen (secondary N) is 1. The number of rotatable bonds is 9. The number of halogens is 1. The summed E-state index contributed by atoms with van der Waals surface area (Å²) in [5, 5.41) is 8.19. The monoisotopic (exact) mass is 352 g/mol. The quantitative estimate of drug-likeness (QED) is 0.748. The average molecular weight is 353 g/mol. The van der Waals surface area contributed by atoms with Gasteiger partial charge in [-0.3, -0.25) is 0 Å². The lowest BCUT2D eigenvalue weighted by atomic mass is 10.2. The third-order valence-electron chi connectivity index (χ3n) is 3.42. The molecule has 1 aromatic heterocycles. The summed E-state index contributed by atoms with van der Waals surface area (Å²) in [5.74, 6) is 1.40. The second-order valence-corrected chi connectivity index (χ2v) is 6.25. The van der Waals surface area contributed by atoms with Crippen molar-refractivity contribution < 1.29 is 9.47 Å². The van der Waals surface area contributed by atoms with Crippen LogP contribution in [0.15, 0.2) is 24.8 Å². The van der Waals surface area contributed by atoms with E-state index in [4.69, 9.17) is 21.1 Å². The zero-order valence-electron chi connectivity index (χ0n) is 14.6. The van der Waals surface area contributed by atoms with Gasteiger partial charge in [-0.2, -0.15) is 5.10 Å². The molecule has 0 saturated heterocycles. The zero-order chi connectivity index (χ0) is 17.5. The van der Waals surface area contributed by atoms with E-state index in [0.29, 0.717) is 23.9 Å². The Kier molecular flexibility index (Phi) is 6.87. The molecule has 0 bridgehead atoms. The number of hydrogen-bond acceptors (Lipinski definition) is 5. The van der Waals surface area contributed by atoms with Gasteiger partial charge in [0, 0.05) is 24.2 Å². The molecular formula is C17H25ClN4O2. The molecule has 24 heavy (non-hydrogen) atoms. The summed E-state index contributed by atoms with van der Waals surface area (Å²) in [6.45, 7) is 9.95. The van der Waals surface area contributed by atoms with Gasteiger partial charge >= 0.3 is 0 Å². The molecule has 0 saturated carbocycles. The first-order chi connectivity index (χ1) is 11.5. The Bertz CT molecular complexity index is 632. The van der Waals surface area contributed by atoms with Crippen molar-refractivity contribution in [2.45, 2.75) is 46.4 Å². The van der Waals surface area contributed by atoms with Crippen LogP contribution in [0.3, 0.4) is 0 Å².